The highest BCUT2D eigenvalue weighted by Gasteiger charge is 2.23. The molecule has 5 rings (SSSR count). The van der Waals surface area contributed by atoms with E-state index in [-0.39, 0.29) is 6.10 Å². The summed E-state index contributed by atoms with van der Waals surface area (Å²) < 4.78 is 5.70. The zero-order valence-electron chi connectivity index (χ0n) is 20.7. The van der Waals surface area contributed by atoms with Gasteiger partial charge >= 0.3 is 0 Å². The molecule has 9 heteroatoms. The van der Waals surface area contributed by atoms with Crippen LogP contribution in [0.1, 0.15) is 32.6 Å². The van der Waals surface area contributed by atoms with Gasteiger partial charge in [0, 0.05) is 64.2 Å². The lowest BCUT2D eigenvalue weighted by atomic mass is 10.0. The average Bonchev–Trinajstić information content (AvgIpc) is 3.42. The van der Waals surface area contributed by atoms with E-state index in [1.807, 2.05) is 0 Å². The van der Waals surface area contributed by atoms with Gasteiger partial charge in [0.2, 0.25) is 5.95 Å². The summed E-state index contributed by atoms with van der Waals surface area (Å²) in [5.41, 5.74) is 1.28. The minimum Gasteiger partial charge on any atom is -0.376 e. The van der Waals surface area contributed by atoms with Crippen LogP contribution in [0.3, 0.4) is 0 Å². The van der Waals surface area contributed by atoms with Crippen molar-refractivity contribution in [3.05, 3.63) is 36.4 Å². The predicted molar refractivity (Wildman–Crippen MR) is 147 cm³/mol. The summed E-state index contributed by atoms with van der Waals surface area (Å²) in [5.74, 6) is 3.18. The molecule has 0 aliphatic carbocycles. The molecule has 2 N–H and O–H groups in total. The number of nitrogens with zero attached hydrogens (tertiary/aromatic N) is 5. The molecule has 0 radical (unpaired) electrons. The standard InChI is InChI=1S/C26H37N7OS/c1-20-7-5-11-33(19-20)24-17-23(32-14-12-31(13-15-32)21-8-3-2-4-9-21)28-25(29-24)30-26(35)27-18-22-10-6-16-34-22/h2-4,8-9,17,20,22H,5-7,10-16,18-19H2,1H3,(H2,27,28,29,30,35)/t20-,22+/m0/s1. The van der Waals surface area contributed by atoms with E-state index in [9.17, 15) is 0 Å². The average molecular weight is 496 g/mol. The Morgan fingerprint density at radius 3 is 2.43 bits per heavy atom. The zero-order chi connectivity index (χ0) is 24.0. The van der Waals surface area contributed by atoms with Crippen molar-refractivity contribution in [3.8, 4) is 0 Å². The quantitative estimate of drug-likeness (QED) is 0.586. The van der Waals surface area contributed by atoms with Crippen LogP contribution in [0.25, 0.3) is 0 Å². The number of piperidine rings is 1. The highest BCUT2D eigenvalue weighted by atomic mass is 32.1. The van der Waals surface area contributed by atoms with Gasteiger partial charge in [0.05, 0.1) is 6.10 Å². The SMILES string of the molecule is C[C@H]1CCCN(c2cc(N3CCN(c4ccccc4)CC3)nc(NC(=S)NC[C@H]3CCCO3)n2)C1. The van der Waals surface area contributed by atoms with E-state index in [1.165, 1.54) is 18.5 Å². The molecule has 1 aromatic carbocycles. The Morgan fingerprint density at radius 2 is 1.71 bits per heavy atom. The number of ether oxygens (including phenoxy) is 1. The Labute approximate surface area is 214 Å². The molecule has 35 heavy (non-hydrogen) atoms. The van der Waals surface area contributed by atoms with Gasteiger partial charge in [-0.15, -0.1) is 0 Å². The first-order valence-electron chi connectivity index (χ1n) is 13.0. The predicted octanol–water partition coefficient (Wildman–Crippen LogP) is 3.50. The Kier molecular flexibility index (Phi) is 7.83. The molecular formula is C26H37N7OS. The smallest absolute Gasteiger partial charge is 0.232 e. The number of thiocarbonyl (C=S) groups is 1. The summed E-state index contributed by atoms with van der Waals surface area (Å²) in [5, 5.41) is 7.08. The van der Waals surface area contributed by atoms with Crippen LogP contribution < -0.4 is 25.3 Å². The summed E-state index contributed by atoms with van der Waals surface area (Å²) in [6.07, 6.45) is 4.90. The van der Waals surface area contributed by atoms with Crippen LogP contribution in [0.2, 0.25) is 0 Å². The van der Waals surface area contributed by atoms with E-state index in [0.717, 1.165) is 70.4 Å². The van der Waals surface area contributed by atoms with Crippen LogP contribution in [0, 0.1) is 5.92 Å². The van der Waals surface area contributed by atoms with Crippen molar-refractivity contribution in [1.82, 2.24) is 15.3 Å². The Bertz CT molecular complexity index is 977. The molecule has 0 bridgehead atoms. The molecule has 8 nitrogen and oxygen atoms in total. The molecule has 4 heterocycles. The number of para-hydroxylation sites is 1. The third kappa shape index (κ3) is 6.32. The van der Waals surface area contributed by atoms with Crippen molar-refractivity contribution < 1.29 is 4.74 Å². The van der Waals surface area contributed by atoms with Crippen LogP contribution in [0.15, 0.2) is 36.4 Å². The molecule has 0 saturated carbocycles. The first kappa shape index (κ1) is 24.1. The van der Waals surface area contributed by atoms with Crippen LogP contribution in [0.5, 0.6) is 0 Å². The highest BCUT2D eigenvalue weighted by molar-refractivity contribution is 7.80. The molecule has 0 spiro atoms. The second kappa shape index (κ2) is 11.4. The lowest BCUT2D eigenvalue weighted by Gasteiger charge is -2.37. The van der Waals surface area contributed by atoms with Gasteiger partial charge in [-0.1, -0.05) is 25.1 Å². The zero-order valence-corrected chi connectivity index (χ0v) is 21.5. The topological polar surface area (TPSA) is 68.8 Å². The summed E-state index contributed by atoms with van der Waals surface area (Å²) in [6.45, 7) is 9.70. The third-order valence-electron chi connectivity index (χ3n) is 7.14. The maximum atomic E-state index is 5.70. The second-order valence-electron chi connectivity index (χ2n) is 9.88. The van der Waals surface area contributed by atoms with Crippen molar-refractivity contribution >= 4 is 40.6 Å². The first-order valence-corrected chi connectivity index (χ1v) is 13.4. The third-order valence-corrected chi connectivity index (χ3v) is 7.39. The lowest BCUT2D eigenvalue weighted by molar-refractivity contribution is 0.114. The van der Waals surface area contributed by atoms with Crippen molar-refractivity contribution in [2.45, 2.75) is 38.7 Å². The minimum atomic E-state index is 0.230. The number of hydrogen-bond acceptors (Lipinski definition) is 7. The van der Waals surface area contributed by atoms with Gasteiger partial charge in [0.25, 0.3) is 0 Å². The Hall–Kier alpha value is -2.65. The van der Waals surface area contributed by atoms with Gasteiger partial charge in [-0.2, -0.15) is 9.97 Å². The number of rotatable bonds is 6. The molecule has 1 aromatic heterocycles. The van der Waals surface area contributed by atoms with Crippen molar-refractivity contribution in [2.75, 3.05) is 72.4 Å². The van der Waals surface area contributed by atoms with E-state index in [0.29, 0.717) is 23.5 Å². The number of anilines is 4. The van der Waals surface area contributed by atoms with E-state index < -0.39 is 0 Å². The van der Waals surface area contributed by atoms with Gasteiger partial charge in [0.1, 0.15) is 11.6 Å². The molecule has 3 aliphatic rings. The molecule has 3 fully saturated rings. The van der Waals surface area contributed by atoms with Gasteiger partial charge in [-0.25, -0.2) is 0 Å². The second-order valence-corrected chi connectivity index (χ2v) is 10.3. The Morgan fingerprint density at radius 1 is 0.971 bits per heavy atom. The van der Waals surface area contributed by atoms with E-state index >= 15 is 0 Å². The van der Waals surface area contributed by atoms with E-state index in [2.05, 4.69) is 68.7 Å². The number of piperazine rings is 1. The fourth-order valence-electron chi connectivity index (χ4n) is 5.19. The molecule has 3 aliphatic heterocycles. The normalized spacial score (nSPS) is 22.8. The maximum absolute atomic E-state index is 5.70. The summed E-state index contributed by atoms with van der Waals surface area (Å²) in [4.78, 5) is 17.0. The van der Waals surface area contributed by atoms with Crippen LogP contribution in [-0.4, -0.2) is 73.6 Å². The van der Waals surface area contributed by atoms with Crippen molar-refractivity contribution in [1.29, 1.82) is 0 Å². The Balaban J connectivity index is 1.29. The van der Waals surface area contributed by atoms with Crippen molar-refractivity contribution in [2.24, 2.45) is 5.92 Å². The summed E-state index contributed by atoms with van der Waals surface area (Å²) in [7, 11) is 0. The molecule has 3 saturated heterocycles. The van der Waals surface area contributed by atoms with E-state index in [1.54, 1.807) is 0 Å². The fraction of sp³-hybridized carbons (Fsp3) is 0.577. The monoisotopic (exact) mass is 495 g/mol. The molecule has 0 unspecified atom stereocenters. The first-order chi connectivity index (χ1) is 17.1. The fourth-order valence-corrected chi connectivity index (χ4v) is 5.36. The summed E-state index contributed by atoms with van der Waals surface area (Å²) >= 11 is 5.57. The maximum Gasteiger partial charge on any atom is 0.232 e. The van der Waals surface area contributed by atoms with Gasteiger partial charge < -0.3 is 30.1 Å². The lowest BCUT2D eigenvalue weighted by Crippen LogP contribution is -2.47. The molecule has 0 amide bonds. The van der Waals surface area contributed by atoms with E-state index in [4.69, 9.17) is 26.9 Å². The number of nitrogens with one attached hydrogen (secondary N) is 2. The highest BCUT2D eigenvalue weighted by Crippen LogP contribution is 2.27. The molecule has 2 aromatic rings. The van der Waals surface area contributed by atoms with Gasteiger partial charge in [0.15, 0.2) is 5.11 Å². The molecular weight excluding hydrogens is 458 g/mol. The van der Waals surface area contributed by atoms with Crippen molar-refractivity contribution in [3.63, 3.8) is 0 Å². The minimum absolute atomic E-state index is 0.230. The van der Waals surface area contributed by atoms with Gasteiger partial charge in [-0.05, 0) is 56.0 Å². The van der Waals surface area contributed by atoms with Crippen LogP contribution in [-0.2, 0) is 4.74 Å². The molecule has 188 valence electrons. The number of aromatic nitrogens is 2. The van der Waals surface area contributed by atoms with Crippen LogP contribution in [0.4, 0.5) is 23.3 Å². The molecule has 2 atom stereocenters. The number of hydrogen-bond donors (Lipinski definition) is 2. The van der Waals surface area contributed by atoms with Crippen LogP contribution >= 0.6 is 12.2 Å². The van der Waals surface area contributed by atoms with Gasteiger partial charge in [-0.3, -0.25) is 0 Å². The number of benzene rings is 1. The largest absolute Gasteiger partial charge is 0.376 e. The summed E-state index contributed by atoms with van der Waals surface area (Å²) in [6, 6.07) is 12.8.